The van der Waals surface area contributed by atoms with Crippen LogP contribution in [0, 0.1) is 12.3 Å². The Labute approximate surface area is 65.7 Å². The van der Waals surface area contributed by atoms with E-state index >= 15 is 0 Å². The Morgan fingerprint density at radius 2 is 2.09 bits per heavy atom. The maximum Gasteiger partial charge on any atom is 0.219 e. The van der Waals surface area contributed by atoms with E-state index in [9.17, 15) is 0 Å². The molecule has 0 aromatic carbocycles. The molecule has 0 aliphatic heterocycles. The molecular formula is C8H9N3. The van der Waals surface area contributed by atoms with Gasteiger partial charge in [0.15, 0.2) is 0 Å². The Kier molecular flexibility index (Phi) is 2.07. The highest BCUT2D eigenvalue weighted by Crippen LogP contribution is 2.10. The summed E-state index contributed by atoms with van der Waals surface area (Å²) in [7, 11) is 0. The largest absolute Gasteiger partial charge is 0.368 e. The maximum atomic E-state index is 5.29. The zero-order valence-corrected chi connectivity index (χ0v) is 6.28. The highest BCUT2D eigenvalue weighted by Gasteiger charge is 2.00. The average molecular weight is 147 g/mol. The Morgan fingerprint density at radius 1 is 1.55 bits per heavy atom. The van der Waals surface area contributed by atoms with E-state index in [1.54, 1.807) is 12.4 Å². The molecule has 1 aromatic rings. The summed E-state index contributed by atoms with van der Waals surface area (Å²) in [5.41, 5.74) is 6.21. The molecule has 0 saturated heterocycles. The van der Waals surface area contributed by atoms with Gasteiger partial charge in [-0.3, -0.25) is 0 Å². The Balaban J connectivity index is 2.92. The fourth-order valence-corrected chi connectivity index (χ4v) is 0.668. The number of nitrogens with two attached hydrogens (primary N) is 1. The highest BCUT2D eigenvalue weighted by molar-refractivity contribution is 5.24. The first-order valence-electron chi connectivity index (χ1n) is 3.27. The summed E-state index contributed by atoms with van der Waals surface area (Å²) in [5.74, 6) is 2.91. The predicted octanol–water partition coefficient (Wildman–Crippen LogP) is 0.796. The number of hydrogen-bond acceptors (Lipinski definition) is 3. The van der Waals surface area contributed by atoms with E-state index < -0.39 is 0 Å². The first-order chi connectivity index (χ1) is 5.24. The molecule has 0 spiro atoms. The summed E-state index contributed by atoms with van der Waals surface area (Å²) >= 11 is 0. The number of aromatic nitrogens is 2. The van der Waals surface area contributed by atoms with Gasteiger partial charge in [0.25, 0.3) is 0 Å². The molecule has 0 amide bonds. The van der Waals surface area contributed by atoms with Crippen molar-refractivity contribution >= 4 is 5.95 Å². The van der Waals surface area contributed by atoms with Gasteiger partial charge in [-0.25, -0.2) is 9.97 Å². The molecule has 1 aromatic heterocycles. The van der Waals surface area contributed by atoms with E-state index in [-0.39, 0.29) is 11.9 Å². The molecule has 1 rings (SSSR count). The van der Waals surface area contributed by atoms with E-state index in [0.717, 1.165) is 5.56 Å². The van der Waals surface area contributed by atoms with Crippen LogP contribution in [0.5, 0.6) is 0 Å². The van der Waals surface area contributed by atoms with Crippen molar-refractivity contribution in [2.75, 3.05) is 5.73 Å². The molecule has 0 aliphatic carbocycles. The van der Waals surface area contributed by atoms with Crippen molar-refractivity contribution in [3.63, 3.8) is 0 Å². The Morgan fingerprint density at radius 3 is 2.55 bits per heavy atom. The van der Waals surface area contributed by atoms with Crippen LogP contribution >= 0.6 is 0 Å². The predicted molar refractivity (Wildman–Crippen MR) is 43.7 cm³/mol. The monoisotopic (exact) mass is 147 g/mol. The number of nitrogens with zero attached hydrogens (tertiary/aromatic N) is 2. The number of terminal acetylenes is 1. The van der Waals surface area contributed by atoms with Gasteiger partial charge in [0.2, 0.25) is 5.95 Å². The third kappa shape index (κ3) is 1.68. The van der Waals surface area contributed by atoms with Gasteiger partial charge in [0.05, 0.1) is 0 Å². The van der Waals surface area contributed by atoms with Crippen molar-refractivity contribution in [3.05, 3.63) is 18.0 Å². The van der Waals surface area contributed by atoms with Crippen molar-refractivity contribution in [3.8, 4) is 12.3 Å². The molecular weight excluding hydrogens is 138 g/mol. The van der Waals surface area contributed by atoms with Crippen LogP contribution in [-0.2, 0) is 0 Å². The van der Waals surface area contributed by atoms with Gasteiger partial charge in [-0.1, -0.05) is 5.92 Å². The number of anilines is 1. The molecule has 0 saturated carbocycles. The zero-order valence-electron chi connectivity index (χ0n) is 6.28. The first kappa shape index (κ1) is 7.55. The summed E-state index contributed by atoms with van der Waals surface area (Å²) in [6.45, 7) is 1.91. The lowest BCUT2D eigenvalue weighted by atomic mass is 10.1. The second-order valence-corrected chi connectivity index (χ2v) is 2.26. The minimum Gasteiger partial charge on any atom is -0.368 e. The van der Waals surface area contributed by atoms with Crippen LogP contribution < -0.4 is 5.73 Å². The van der Waals surface area contributed by atoms with Crippen LogP contribution in [-0.4, -0.2) is 9.97 Å². The molecule has 3 nitrogen and oxygen atoms in total. The summed E-state index contributed by atoms with van der Waals surface area (Å²) < 4.78 is 0. The molecule has 11 heavy (non-hydrogen) atoms. The topological polar surface area (TPSA) is 51.8 Å². The van der Waals surface area contributed by atoms with E-state index in [0.29, 0.717) is 0 Å². The third-order valence-corrected chi connectivity index (χ3v) is 1.44. The normalized spacial score (nSPS) is 12.0. The SMILES string of the molecule is C#C[C@H](C)c1cnc(N)nc1. The smallest absolute Gasteiger partial charge is 0.219 e. The van der Waals surface area contributed by atoms with Crippen molar-refractivity contribution in [2.24, 2.45) is 0 Å². The number of rotatable bonds is 1. The lowest BCUT2D eigenvalue weighted by Crippen LogP contribution is -1.97. The van der Waals surface area contributed by atoms with Gasteiger partial charge >= 0.3 is 0 Å². The fourth-order valence-electron chi connectivity index (χ4n) is 0.668. The average Bonchev–Trinajstić information content (AvgIpc) is 2.05. The molecule has 1 atom stereocenters. The third-order valence-electron chi connectivity index (χ3n) is 1.44. The van der Waals surface area contributed by atoms with E-state index in [2.05, 4.69) is 15.9 Å². The van der Waals surface area contributed by atoms with Gasteiger partial charge in [0.1, 0.15) is 0 Å². The standard InChI is InChI=1S/C8H9N3/c1-3-6(2)7-4-10-8(9)11-5-7/h1,4-6H,2H3,(H2,9,10,11)/t6-/m0/s1. The minimum atomic E-state index is 0.0515. The van der Waals surface area contributed by atoms with Crippen LogP contribution in [0.1, 0.15) is 18.4 Å². The fraction of sp³-hybridized carbons (Fsp3) is 0.250. The van der Waals surface area contributed by atoms with Crippen molar-refractivity contribution in [1.82, 2.24) is 9.97 Å². The Hall–Kier alpha value is -1.56. The van der Waals surface area contributed by atoms with E-state index in [1.807, 2.05) is 6.92 Å². The molecule has 1 heterocycles. The summed E-state index contributed by atoms with van der Waals surface area (Å²) in [6.07, 6.45) is 8.50. The van der Waals surface area contributed by atoms with Crippen LogP contribution in [0.3, 0.4) is 0 Å². The van der Waals surface area contributed by atoms with Crippen molar-refractivity contribution in [1.29, 1.82) is 0 Å². The second-order valence-electron chi connectivity index (χ2n) is 2.26. The number of nitrogen functional groups attached to an aromatic ring is 1. The summed E-state index contributed by atoms with van der Waals surface area (Å²) in [5, 5.41) is 0. The minimum absolute atomic E-state index is 0.0515. The van der Waals surface area contributed by atoms with Gasteiger partial charge < -0.3 is 5.73 Å². The summed E-state index contributed by atoms with van der Waals surface area (Å²) in [6, 6.07) is 0. The van der Waals surface area contributed by atoms with Crippen LogP contribution in [0.25, 0.3) is 0 Å². The second kappa shape index (κ2) is 3.02. The molecule has 2 N–H and O–H groups in total. The maximum absolute atomic E-state index is 5.29. The van der Waals surface area contributed by atoms with Crippen LogP contribution in [0.2, 0.25) is 0 Å². The van der Waals surface area contributed by atoms with Gasteiger partial charge in [-0.2, -0.15) is 0 Å². The van der Waals surface area contributed by atoms with Crippen LogP contribution in [0.15, 0.2) is 12.4 Å². The van der Waals surface area contributed by atoms with Crippen molar-refractivity contribution in [2.45, 2.75) is 12.8 Å². The summed E-state index contributed by atoms with van der Waals surface area (Å²) in [4.78, 5) is 7.64. The molecule has 0 aliphatic rings. The quantitative estimate of drug-likeness (QED) is 0.597. The number of hydrogen-bond donors (Lipinski definition) is 1. The zero-order chi connectivity index (χ0) is 8.27. The first-order valence-corrected chi connectivity index (χ1v) is 3.27. The Bertz CT molecular complexity index is 270. The highest BCUT2D eigenvalue weighted by atomic mass is 15.0. The molecule has 0 fully saturated rings. The molecule has 0 bridgehead atoms. The van der Waals surface area contributed by atoms with Gasteiger partial charge in [0, 0.05) is 23.9 Å². The van der Waals surface area contributed by atoms with Crippen LogP contribution in [0.4, 0.5) is 5.95 Å². The van der Waals surface area contributed by atoms with E-state index in [4.69, 9.17) is 12.2 Å². The lowest BCUT2D eigenvalue weighted by Gasteiger charge is -2.01. The molecule has 3 heteroatoms. The molecule has 0 unspecified atom stereocenters. The molecule has 0 radical (unpaired) electrons. The van der Waals surface area contributed by atoms with Gasteiger partial charge in [-0.15, -0.1) is 6.42 Å². The van der Waals surface area contributed by atoms with Gasteiger partial charge in [-0.05, 0) is 6.92 Å². The molecule has 56 valence electrons. The lowest BCUT2D eigenvalue weighted by molar-refractivity contribution is 0.965. The van der Waals surface area contributed by atoms with Crippen molar-refractivity contribution < 1.29 is 0 Å². The van der Waals surface area contributed by atoms with E-state index in [1.165, 1.54) is 0 Å².